The van der Waals surface area contributed by atoms with E-state index in [0.29, 0.717) is 12.1 Å². The van der Waals surface area contributed by atoms with Gasteiger partial charge >= 0.3 is 0 Å². The van der Waals surface area contributed by atoms with E-state index in [1.54, 1.807) is 0 Å². The molecule has 2 rings (SSSR count). The lowest BCUT2D eigenvalue weighted by molar-refractivity contribution is 0.283. The SMILES string of the molecule is CN1CC2NCCCC2N1. The van der Waals surface area contributed by atoms with Crippen LogP contribution in [0.25, 0.3) is 0 Å². The van der Waals surface area contributed by atoms with Crippen LogP contribution < -0.4 is 10.7 Å². The van der Waals surface area contributed by atoms with Gasteiger partial charge in [0.1, 0.15) is 0 Å². The van der Waals surface area contributed by atoms with Crippen molar-refractivity contribution in [2.45, 2.75) is 24.9 Å². The van der Waals surface area contributed by atoms with Crippen molar-refractivity contribution in [3.05, 3.63) is 0 Å². The van der Waals surface area contributed by atoms with Gasteiger partial charge in [-0.1, -0.05) is 0 Å². The number of hydrazine groups is 1. The quantitative estimate of drug-likeness (QED) is 0.479. The molecule has 2 aliphatic heterocycles. The number of hydrogen-bond acceptors (Lipinski definition) is 3. The maximum atomic E-state index is 3.51. The van der Waals surface area contributed by atoms with Gasteiger partial charge < -0.3 is 5.32 Å². The highest BCUT2D eigenvalue weighted by molar-refractivity contribution is 4.91. The van der Waals surface area contributed by atoms with E-state index in [4.69, 9.17) is 0 Å². The van der Waals surface area contributed by atoms with Crippen molar-refractivity contribution in [2.75, 3.05) is 20.1 Å². The topological polar surface area (TPSA) is 27.3 Å². The average Bonchev–Trinajstić information content (AvgIpc) is 2.27. The maximum absolute atomic E-state index is 3.51. The molecule has 0 aromatic rings. The van der Waals surface area contributed by atoms with E-state index in [1.165, 1.54) is 19.4 Å². The molecule has 0 bridgehead atoms. The van der Waals surface area contributed by atoms with Gasteiger partial charge in [0.2, 0.25) is 0 Å². The van der Waals surface area contributed by atoms with Crippen molar-refractivity contribution in [1.82, 2.24) is 15.8 Å². The van der Waals surface area contributed by atoms with Crippen molar-refractivity contribution < 1.29 is 0 Å². The lowest BCUT2D eigenvalue weighted by Gasteiger charge is -2.24. The molecule has 2 atom stereocenters. The molecule has 0 spiro atoms. The first-order valence-corrected chi connectivity index (χ1v) is 4.07. The van der Waals surface area contributed by atoms with Gasteiger partial charge in [-0.25, -0.2) is 5.01 Å². The minimum absolute atomic E-state index is 0.707. The second-order valence-corrected chi connectivity index (χ2v) is 3.32. The molecule has 58 valence electrons. The Morgan fingerprint density at radius 1 is 1.40 bits per heavy atom. The summed E-state index contributed by atoms with van der Waals surface area (Å²) in [6, 6.07) is 1.41. The maximum Gasteiger partial charge on any atom is 0.0382 e. The van der Waals surface area contributed by atoms with Crippen LogP contribution in [0, 0.1) is 0 Å². The zero-order valence-corrected chi connectivity index (χ0v) is 6.43. The van der Waals surface area contributed by atoms with Gasteiger partial charge in [0, 0.05) is 25.7 Å². The summed E-state index contributed by atoms with van der Waals surface area (Å²) in [7, 11) is 2.11. The molecule has 2 N–H and O–H groups in total. The predicted octanol–water partition coefficient (Wildman–Crippen LogP) is -0.443. The minimum Gasteiger partial charge on any atom is -0.311 e. The summed E-state index contributed by atoms with van der Waals surface area (Å²) in [6.45, 7) is 2.36. The molecule has 0 aliphatic carbocycles. The number of nitrogens with one attached hydrogen (secondary N) is 2. The molecule has 2 heterocycles. The van der Waals surface area contributed by atoms with E-state index in [2.05, 4.69) is 22.8 Å². The third-order valence-corrected chi connectivity index (χ3v) is 2.44. The first-order valence-electron chi connectivity index (χ1n) is 4.07. The summed E-state index contributed by atoms with van der Waals surface area (Å²) < 4.78 is 0. The van der Waals surface area contributed by atoms with Crippen molar-refractivity contribution in [3.8, 4) is 0 Å². The van der Waals surface area contributed by atoms with E-state index in [1.807, 2.05) is 0 Å². The Morgan fingerprint density at radius 3 is 3.10 bits per heavy atom. The highest BCUT2D eigenvalue weighted by atomic mass is 15.5. The number of hydrogen-bond donors (Lipinski definition) is 2. The number of nitrogens with zero attached hydrogens (tertiary/aromatic N) is 1. The van der Waals surface area contributed by atoms with Crippen LogP contribution >= 0.6 is 0 Å². The molecule has 0 aromatic heterocycles. The fraction of sp³-hybridized carbons (Fsp3) is 1.00. The van der Waals surface area contributed by atoms with Gasteiger partial charge in [0.05, 0.1) is 0 Å². The standard InChI is InChI=1S/C7H15N3/c1-10-5-7-6(9-10)3-2-4-8-7/h6-9H,2-5H2,1H3. The Morgan fingerprint density at radius 2 is 2.30 bits per heavy atom. The molecule has 2 unspecified atom stereocenters. The van der Waals surface area contributed by atoms with Gasteiger partial charge in [-0.3, -0.25) is 5.43 Å². The van der Waals surface area contributed by atoms with Crippen LogP contribution in [0.2, 0.25) is 0 Å². The van der Waals surface area contributed by atoms with Gasteiger partial charge in [0.25, 0.3) is 0 Å². The summed E-state index contributed by atoms with van der Waals surface area (Å²) >= 11 is 0. The third kappa shape index (κ3) is 1.05. The predicted molar refractivity (Wildman–Crippen MR) is 40.6 cm³/mol. The first-order chi connectivity index (χ1) is 4.86. The van der Waals surface area contributed by atoms with Crippen molar-refractivity contribution >= 4 is 0 Å². The second kappa shape index (κ2) is 2.49. The molecule has 0 radical (unpaired) electrons. The zero-order valence-electron chi connectivity index (χ0n) is 6.43. The highest BCUT2D eigenvalue weighted by Crippen LogP contribution is 2.14. The van der Waals surface area contributed by atoms with Crippen LogP contribution in [0.5, 0.6) is 0 Å². The number of piperidine rings is 1. The average molecular weight is 141 g/mol. The molecule has 0 aromatic carbocycles. The van der Waals surface area contributed by atoms with Crippen LogP contribution in [0.3, 0.4) is 0 Å². The minimum atomic E-state index is 0.707. The molecule has 10 heavy (non-hydrogen) atoms. The van der Waals surface area contributed by atoms with Crippen molar-refractivity contribution in [3.63, 3.8) is 0 Å². The van der Waals surface area contributed by atoms with E-state index in [0.717, 1.165) is 6.54 Å². The fourth-order valence-corrected chi connectivity index (χ4v) is 1.93. The Balaban J connectivity index is 1.97. The van der Waals surface area contributed by atoms with Crippen LogP contribution in [-0.4, -0.2) is 37.2 Å². The third-order valence-electron chi connectivity index (χ3n) is 2.44. The molecule has 2 aliphatic rings. The molecule has 0 saturated carbocycles. The Hall–Kier alpha value is -0.120. The molecular weight excluding hydrogens is 126 g/mol. The van der Waals surface area contributed by atoms with Gasteiger partial charge in [-0.2, -0.15) is 0 Å². The molecule has 0 amide bonds. The van der Waals surface area contributed by atoms with Crippen LogP contribution in [0.4, 0.5) is 0 Å². The normalized spacial score (nSPS) is 41.7. The van der Waals surface area contributed by atoms with Gasteiger partial charge in [0.15, 0.2) is 0 Å². The smallest absolute Gasteiger partial charge is 0.0382 e. The van der Waals surface area contributed by atoms with Crippen LogP contribution in [0.1, 0.15) is 12.8 Å². The molecule has 2 saturated heterocycles. The zero-order chi connectivity index (χ0) is 6.97. The van der Waals surface area contributed by atoms with Crippen LogP contribution in [0.15, 0.2) is 0 Å². The Bertz CT molecular complexity index is 112. The van der Waals surface area contributed by atoms with Crippen molar-refractivity contribution in [2.24, 2.45) is 0 Å². The monoisotopic (exact) mass is 141 g/mol. The van der Waals surface area contributed by atoms with Gasteiger partial charge in [-0.05, 0) is 19.4 Å². The molecule has 3 heteroatoms. The molecule has 3 nitrogen and oxygen atoms in total. The Kier molecular flexibility index (Phi) is 1.64. The number of likely N-dealkylation sites (N-methyl/N-ethyl adjacent to an activating group) is 1. The summed E-state index contributed by atoms with van der Waals surface area (Å²) in [6.07, 6.45) is 2.66. The fourth-order valence-electron chi connectivity index (χ4n) is 1.93. The molecule has 2 fully saturated rings. The van der Waals surface area contributed by atoms with E-state index >= 15 is 0 Å². The Labute approximate surface area is 61.7 Å². The van der Waals surface area contributed by atoms with E-state index in [9.17, 15) is 0 Å². The number of rotatable bonds is 0. The summed E-state index contributed by atoms with van der Waals surface area (Å²) in [5, 5.41) is 5.70. The highest BCUT2D eigenvalue weighted by Gasteiger charge is 2.31. The largest absolute Gasteiger partial charge is 0.311 e. The number of fused-ring (bicyclic) bond motifs is 1. The lowest BCUT2D eigenvalue weighted by Crippen LogP contribution is -2.46. The summed E-state index contributed by atoms with van der Waals surface area (Å²) in [4.78, 5) is 0. The lowest BCUT2D eigenvalue weighted by atomic mass is 10.0. The van der Waals surface area contributed by atoms with Crippen LogP contribution in [-0.2, 0) is 0 Å². The van der Waals surface area contributed by atoms with Crippen molar-refractivity contribution in [1.29, 1.82) is 0 Å². The molecular formula is C7H15N3. The summed E-state index contributed by atoms with van der Waals surface area (Å²) in [5.74, 6) is 0. The first kappa shape index (κ1) is 6.58. The van der Waals surface area contributed by atoms with E-state index in [-0.39, 0.29) is 0 Å². The summed E-state index contributed by atoms with van der Waals surface area (Å²) in [5.41, 5.74) is 3.43. The van der Waals surface area contributed by atoms with Gasteiger partial charge in [-0.15, -0.1) is 0 Å². The second-order valence-electron chi connectivity index (χ2n) is 3.32. The van der Waals surface area contributed by atoms with E-state index < -0.39 is 0 Å².